The molecule has 0 heterocycles. The topological polar surface area (TPSA) is 95.5 Å². The third kappa shape index (κ3) is 6.63. The zero-order valence-corrected chi connectivity index (χ0v) is 19.7. The maximum atomic E-state index is 12.4. The molecule has 8 nitrogen and oxygen atoms in total. The number of nitrogens with zero attached hydrogens (tertiary/aromatic N) is 1. The molecule has 3 aromatic carbocycles. The fraction of sp³-hybridized carbons (Fsp3) is 0.125. The van der Waals surface area contributed by atoms with E-state index in [0.717, 1.165) is 0 Å². The molecule has 0 aromatic heterocycles. The van der Waals surface area contributed by atoms with Gasteiger partial charge in [-0.2, -0.15) is 5.10 Å². The van der Waals surface area contributed by atoms with Crippen molar-refractivity contribution in [2.45, 2.75) is 0 Å². The minimum absolute atomic E-state index is 0.199. The molecule has 0 aliphatic rings. The van der Waals surface area contributed by atoms with Crippen LogP contribution in [0.1, 0.15) is 15.9 Å². The average molecular weight is 503 g/mol. The van der Waals surface area contributed by atoms with Crippen molar-refractivity contribution in [3.8, 4) is 23.0 Å². The van der Waals surface area contributed by atoms with Crippen molar-refractivity contribution in [1.29, 1.82) is 0 Å². The highest BCUT2D eigenvalue weighted by Crippen LogP contribution is 2.29. The molecule has 0 aliphatic heterocycles. The van der Waals surface area contributed by atoms with E-state index in [9.17, 15) is 9.59 Å². The van der Waals surface area contributed by atoms with Crippen LogP contribution in [0.5, 0.6) is 23.0 Å². The van der Waals surface area contributed by atoms with Crippen molar-refractivity contribution in [2.24, 2.45) is 5.10 Å². The second-order valence-corrected chi connectivity index (χ2v) is 7.48. The van der Waals surface area contributed by atoms with Gasteiger partial charge >= 0.3 is 5.97 Å². The number of hydrazone groups is 1. The number of nitrogens with one attached hydrogen (secondary N) is 1. The van der Waals surface area contributed by atoms with E-state index >= 15 is 0 Å². The summed E-state index contributed by atoms with van der Waals surface area (Å²) in [5.74, 6) is 0.376. The quantitative estimate of drug-likeness (QED) is 0.196. The summed E-state index contributed by atoms with van der Waals surface area (Å²) >= 11 is 11.8. The maximum absolute atomic E-state index is 12.4. The van der Waals surface area contributed by atoms with Crippen molar-refractivity contribution in [2.75, 3.05) is 20.8 Å². The highest BCUT2D eigenvalue weighted by Gasteiger charge is 2.14. The molecule has 0 atom stereocenters. The molecule has 1 amide bonds. The molecule has 0 saturated carbocycles. The van der Waals surface area contributed by atoms with E-state index in [1.54, 1.807) is 42.5 Å². The molecule has 0 bridgehead atoms. The van der Waals surface area contributed by atoms with Gasteiger partial charge in [-0.05, 0) is 54.1 Å². The van der Waals surface area contributed by atoms with Crippen LogP contribution in [0.3, 0.4) is 0 Å². The summed E-state index contributed by atoms with van der Waals surface area (Å²) in [7, 11) is 2.95. The Labute approximate surface area is 206 Å². The highest BCUT2D eigenvalue weighted by molar-refractivity contribution is 6.42. The number of halogens is 2. The maximum Gasteiger partial charge on any atom is 0.343 e. The molecular weight excluding hydrogens is 483 g/mol. The van der Waals surface area contributed by atoms with Gasteiger partial charge in [-0.1, -0.05) is 35.3 Å². The highest BCUT2D eigenvalue weighted by atomic mass is 35.5. The molecule has 34 heavy (non-hydrogen) atoms. The summed E-state index contributed by atoms with van der Waals surface area (Å²) in [5.41, 5.74) is 3.20. The van der Waals surface area contributed by atoms with E-state index in [4.69, 9.17) is 42.1 Å². The molecule has 176 valence electrons. The molecule has 10 heteroatoms. The van der Waals surface area contributed by atoms with Gasteiger partial charge in [-0.25, -0.2) is 10.2 Å². The number of carbonyl (C=O) groups is 2. The SMILES string of the molecule is COc1ccccc1OCC(=O)NN=Cc1ccc(OC(=O)c2ccc(Cl)c(Cl)c2)c(OC)c1. The van der Waals surface area contributed by atoms with Crippen LogP contribution in [0.4, 0.5) is 0 Å². The zero-order chi connectivity index (χ0) is 24.5. The fourth-order valence-corrected chi connectivity index (χ4v) is 3.02. The van der Waals surface area contributed by atoms with Crippen LogP contribution in [0, 0.1) is 0 Å². The van der Waals surface area contributed by atoms with E-state index in [2.05, 4.69) is 10.5 Å². The lowest BCUT2D eigenvalue weighted by molar-refractivity contribution is -0.123. The molecule has 0 radical (unpaired) electrons. The van der Waals surface area contributed by atoms with E-state index < -0.39 is 11.9 Å². The number of para-hydroxylation sites is 2. The second kappa shape index (κ2) is 11.9. The van der Waals surface area contributed by atoms with E-state index in [-0.39, 0.29) is 22.9 Å². The van der Waals surface area contributed by atoms with Crippen molar-refractivity contribution in [3.05, 3.63) is 81.8 Å². The van der Waals surface area contributed by atoms with E-state index in [1.807, 2.05) is 0 Å². The van der Waals surface area contributed by atoms with Crippen LogP contribution in [-0.2, 0) is 4.79 Å². The molecule has 0 aliphatic carbocycles. The number of rotatable bonds is 9. The van der Waals surface area contributed by atoms with Crippen molar-refractivity contribution in [3.63, 3.8) is 0 Å². The second-order valence-electron chi connectivity index (χ2n) is 6.66. The number of ether oxygens (including phenoxy) is 4. The minimum atomic E-state index is -0.624. The number of hydrogen-bond acceptors (Lipinski definition) is 7. The summed E-state index contributed by atoms with van der Waals surface area (Å²) in [6, 6.07) is 16.2. The van der Waals surface area contributed by atoms with E-state index in [1.165, 1.54) is 38.6 Å². The van der Waals surface area contributed by atoms with Crippen molar-refractivity contribution < 1.29 is 28.5 Å². The van der Waals surface area contributed by atoms with Gasteiger partial charge in [-0.3, -0.25) is 4.79 Å². The van der Waals surface area contributed by atoms with Gasteiger partial charge in [0.25, 0.3) is 5.91 Å². The van der Waals surface area contributed by atoms with Gasteiger partial charge in [0, 0.05) is 0 Å². The number of carbonyl (C=O) groups excluding carboxylic acids is 2. The van der Waals surface area contributed by atoms with Crippen LogP contribution in [0.25, 0.3) is 0 Å². The van der Waals surface area contributed by atoms with Gasteiger partial charge in [0.1, 0.15) is 0 Å². The van der Waals surface area contributed by atoms with Gasteiger partial charge in [0.2, 0.25) is 0 Å². The number of hydrogen-bond donors (Lipinski definition) is 1. The Balaban J connectivity index is 1.58. The van der Waals surface area contributed by atoms with Crippen LogP contribution in [0.2, 0.25) is 10.0 Å². The Morgan fingerprint density at radius 2 is 1.62 bits per heavy atom. The number of esters is 1. The largest absolute Gasteiger partial charge is 0.493 e. The predicted octanol–water partition coefficient (Wildman–Crippen LogP) is 4.76. The Morgan fingerprint density at radius 1 is 0.882 bits per heavy atom. The molecule has 1 N–H and O–H groups in total. The number of methoxy groups -OCH3 is 2. The lowest BCUT2D eigenvalue weighted by Gasteiger charge is -2.10. The van der Waals surface area contributed by atoms with Gasteiger partial charge in [-0.15, -0.1) is 0 Å². The lowest BCUT2D eigenvalue weighted by Crippen LogP contribution is -2.24. The van der Waals surface area contributed by atoms with Gasteiger partial charge in [0.15, 0.2) is 29.6 Å². The third-order valence-electron chi connectivity index (χ3n) is 4.38. The third-order valence-corrected chi connectivity index (χ3v) is 5.12. The summed E-state index contributed by atoms with van der Waals surface area (Å²) < 4.78 is 21.3. The Morgan fingerprint density at radius 3 is 2.32 bits per heavy atom. The van der Waals surface area contributed by atoms with Crippen LogP contribution in [-0.4, -0.2) is 38.9 Å². The molecule has 0 fully saturated rings. The standard InChI is InChI=1S/C24H20Cl2N2O6/c1-31-19-5-3-4-6-20(19)33-14-23(29)28-27-13-15-7-10-21(22(11-15)32-2)34-24(30)16-8-9-17(25)18(26)12-16/h3-13H,14H2,1-2H3,(H,28,29). The Kier molecular flexibility index (Phi) is 8.73. The smallest absolute Gasteiger partial charge is 0.343 e. The predicted molar refractivity (Wildman–Crippen MR) is 129 cm³/mol. The summed E-state index contributed by atoms with van der Waals surface area (Å²) in [5, 5.41) is 4.47. The Hall–Kier alpha value is -3.75. The molecular formula is C24H20Cl2N2O6. The first kappa shape index (κ1) is 24.9. The summed E-state index contributed by atoms with van der Waals surface area (Å²) in [6.07, 6.45) is 1.41. The fourth-order valence-electron chi connectivity index (χ4n) is 2.72. The average Bonchev–Trinajstić information content (AvgIpc) is 2.85. The monoisotopic (exact) mass is 502 g/mol. The van der Waals surface area contributed by atoms with Gasteiger partial charge < -0.3 is 18.9 Å². The van der Waals surface area contributed by atoms with Crippen molar-refractivity contribution in [1.82, 2.24) is 5.43 Å². The van der Waals surface area contributed by atoms with Crippen LogP contribution < -0.4 is 24.4 Å². The van der Waals surface area contributed by atoms with E-state index in [0.29, 0.717) is 27.8 Å². The first-order valence-electron chi connectivity index (χ1n) is 9.84. The molecule has 0 unspecified atom stereocenters. The number of amides is 1. The first-order valence-corrected chi connectivity index (χ1v) is 10.6. The summed E-state index contributed by atoms with van der Waals surface area (Å²) in [4.78, 5) is 24.4. The van der Waals surface area contributed by atoms with Crippen molar-refractivity contribution >= 4 is 41.3 Å². The van der Waals surface area contributed by atoms with Gasteiger partial charge in [0.05, 0.1) is 36.0 Å². The molecule has 0 saturated heterocycles. The first-order chi connectivity index (χ1) is 16.4. The molecule has 3 rings (SSSR count). The zero-order valence-electron chi connectivity index (χ0n) is 18.2. The number of benzene rings is 3. The minimum Gasteiger partial charge on any atom is -0.493 e. The normalized spacial score (nSPS) is 10.6. The lowest BCUT2D eigenvalue weighted by atomic mass is 10.2. The Bertz CT molecular complexity index is 1220. The molecule has 3 aromatic rings. The molecule has 0 spiro atoms. The van der Waals surface area contributed by atoms with Crippen LogP contribution in [0.15, 0.2) is 65.8 Å². The summed E-state index contributed by atoms with van der Waals surface area (Å²) in [6.45, 7) is -0.245. The van der Waals surface area contributed by atoms with Crippen LogP contribution >= 0.6 is 23.2 Å².